The molecule has 0 aromatic heterocycles. The smallest absolute Gasteiger partial charge is 0.414 e. The van der Waals surface area contributed by atoms with Crippen LogP contribution in [0.25, 0.3) is 0 Å². The maximum atomic E-state index is 9.10. The Hall–Kier alpha value is -2.12. The molecule has 1 unspecified atom stereocenters. The number of aryl methyl sites for hydroxylation is 1. The highest BCUT2D eigenvalue weighted by Gasteiger charge is 2.19. The van der Waals surface area contributed by atoms with Crippen LogP contribution in [-0.4, -0.2) is 66.5 Å². The minimum Gasteiger partial charge on any atom is -0.491 e. The highest BCUT2D eigenvalue weighted by Crippen LogP contribution is 2.32. The van der Waals surface area contributed by atoms with Crippen molar-refractivity contribution in [3.05, 3.63) is 29.3 Å². The van der Waals surface area contributed by atoms with Crippen molar-refractivity contribution >= 4 is 11.9 Å². The van der Waals surface area contributed by atoms with E-state index in [9.17, 15) is 0 Å². The second kappa shape index (κ2) is 12.5. The van der Waals surface area contributed by atoms with E-state index >= 15 is 0 Å². The molecule has 2 N–H and O–H groups in total. The molecular formula is C23H37NO6. The van der Waals surface area contributed by atoms with Gasteiger partial charge >= 0.3 is 11.9 Å². The molecule has 0 radical (unpaired) electrons. The van der Waals surface area contributed by atoms with Gasteiger partial charge in [0.25, 0.3) is 0 Å². The lowest BCUT2D eigenvalue weighted by Crippen LogP contribution is -2.36. The van der Waals surface area contributed by atoms with Gasteiger partial charge in [0, 0.05) is 13.1 Å². The third-order valence-corrected chi connectivity index (χ3v) is 4.91. The van der Waals surface area contributed by atoms with E-state index in [1.807, 2.05) is 0 Å². The third kappa shape index (κ3) is 10.1. The summed E-state index contributed by atoms with van der Waals surface area (Å²) in [6.45, 7) is 16.7. The number of ether oxygens (including phenoxy) is 2. The first kappa shape index (κ1) is 25.9. The molecule has 1 aliphatic rings. The van der Waals surface area contributed by atoms with Crippen LogP contribution in [0.1, 0.15) is 51.7 Å². The van der Waals surface area contributed by atoms with Crippen LogP contribution < -0.4 is 4.74 Å². The molecule has 170 valence electrons. The van der Waals surface area contributed by atoms with Crippen molar-refractivity contribution in [2.45, 2.75) is 52.9 Å². The van der Waals surface area contributed by atoms with E-state index < -0.39 is 11.9 Å². The summed E-state index contributed by atoms with van der Waals surface area (Å²) in [6, 6.07) is 6.47. The lowest BCUT2D eigenvalue weighted by molar-refractivity contribution is -0.159. The van der Waals surface area contributed by atoms with Crippen LogP contribution in [0.2, 0.25) is 0 Å². The number of carbonyl (C=O) groups is 2. The molecule has 1 atom stereocenters. The molecule has 0 aliphatic carbocycles. The number of carboxylic acid groups (broad SMARTS) is 2. The van der Waals surface area contributed by atoms with Crippen LogP contribution in [0.5, 0.6) is 5.75 Å². The zero-order valence-electron chi connectivity index (χ0n) is 18.9. The van der Waals surface area contributed by atoms with Gasteiger partial charge in [0.05, 0.1) is 13.2 Å². The minimum atomic E-state index is -1.82. The molecule has 7 heteroatoms. The van der Waals surface area contributed by atoms with Gasteiger partial charge in [-0.1, -0.05) is 39.8 Å². The second-order valence-corrected chi connectivity index (χ2v) is 8.87. The number of hydrogen-bond acceptors (Lipinski definition) is 5. The number of likely N-dealkylation sites (tertiary alicyclic amines) is 1. The fourth-order valence-corrected chi connectivity index (χ4v) is 3.36. The number of carboxylic acids is 2. The number of piperidine rings is 1. The monoisotopic (exact) mass is 423 g/mol. The first-order valence-corrected chi connectivity index (χ1v) is 10.5. The van der Waals surface area contributed by atoms with Gasteiger partial charge in [0.1, 0.15) is 12.4 Å². The molecule has 0 amide bonds. The zero-order valence-corrected chi connectivity index (χ0v) is 18.9. The number of nitrogens with zero attached hydrogens (tertiary/aromatic N) is 1. The number of hydrogen-bond donors (Lipinski definition) is 2. The van der Waals surface area contributed by atoms with Gasteiger partial charge < -0.3 is 24.6 Å². The van der Waals surface area contributed by atoms with Crippen LogP contribution >= 0.6 is 0 Å². The van der Waals surface area contributed by atoms with Gasteiger partial charge in [0.2, 0.25) is 0 Å². The third-order valence-electron chi connectivity index (χ3n) is 4.91. The van der Waals surface area contributed by atoms with Crippen molar-refractivity contribution in [3.63, 3.8) is 0 Å². The summed E-state index contributed by atoms with van der Waals surface area (Å²) in [5.74, 6) is -1.82. The summed E-state index contributed by atoms with van der Waals surface area (Å²) >= 11 is 0. The summed E-state index contributed by atoms with van der Waals surface area (Å²) in [4.78, 5) is 20.7. The van der Waals surface area contributed by atoms with E-state index in [4.69, 9.17) is 29.3 Å². The predicted octanol–water partition coefficient (Wildman–Crippen LogP) is 3.58. The molecule has 1 heterocycles. The van der Waals surface area contributed by atoms with Crippen molar-refractivity contribution in [1.29, 1.82) is 0 Å². The molecule has 7 nitrogen and oxygen atoms in total. The standard InChI is InChI=1S/C21H35NO2.C2H2O4/c1-17-8-9-19(21(3,4)5)20(15-17)24-14-13-23-12-11-22-10-6-7-18(2)16-22;3-1(4)2(5)6/h8-9,15,18H,6-7,10-14,16H2,1-5H3;(H,3,4)(H,5,6). The Labute approximate surface area is 180 Å². The molecule has 0 spiro atoms. The molecule has 2 rings (SSSR count). The van der Waals surface area contributed by atoms with Gasteiger partial charge in [-0.3, -0.25) is 0 Å². The highest BCUT2D eigenvalue weighted by atomic mass is 16.5. The highest BCUT2D eigenvalue weighted by molar-refractivity contribution is 6.27. The number of rotatable bonds is 7. The van der Waals surface area contributed by atoms with E-state index in [1.165, 1.54) is 37.1 Å². The Bertz CT molecular complexity index is 671. The molecule has 30 heavy (non-hydrogen) atoms. The van der Waals surface area contributed by atoms with Gasteiger partial charge in [-0.05, 0) is 54.8 Å². The van der Waals surface area contributed by atoms with Gasteiger partial charge in [0.15, 0.2) is 0 Å². The van der Waals surface area contributed by atoms with Crippen LogP contribution in [0.4, 0.5) is 0 Å². The first-order chi connectivity index (χ1) is 14.0. The number of benzene rings is 1. The minimum absolute atomic E-state index is 0.0921. The maximum Gasteiger partial charge on any atom is 0.414 e. The van der Waals surface area contributed by atoms with Gasteiger partial charge in [-0.25, -0.2) is 9.59 Å². The summed E-state index contributed by atoms with van der Waals surface area (Å²) in [5.41, 5.74) is 2.59. The molecule has 0 saturated carbocycles. The fourth-order valence-electron chi connectivity index (χ4n) is 3.36. The van der Waals surface area contributed by atoms with Crippen molar-refractivity contribution in [2.75, 3.05) is 39.5 Å². The molecule has 1 aliphatic heterocycles. The topological polar surface area (TPSA) is 96.3 Å². The first-order valence-electron chi connectivity index (χ1n) is 10.5. The average Bonchev–Trinajstić information content (AvgIpc) is 2.64. The van der Waals surface area contributed by atoms with E-state index in [2.05, 4.69) is 57.7 Å². The molecule has 0 bridgehead atoms. The maximum absolute atomic E-state index is 9.10. The van der Waals surface area contributed by atoms with Crippen molar-refractivity contribution < 1.29 is 29.3 Å². The molecule has 1 aromatic rings. The average molecular weight is 424 g/mol. The molecular weight excluding hydrogens is 386 g/mol. The van der Waals surface area contributed by atoms with Crippen molar-refractivity contribution in [2.24, 2.45) is 5.92 Å². The largest absolute Gasteiger partial charge is 0.491 e. The SMILES string of the molecule is Cc1ccc(C(C)(C)C)c(OCCOCCN2CCCC(C)C2)c1.O=C(O)C(=O)O. The Kier molecular flexibility index (Phi) is 10.8. The van der Waals surface area contributed by atoms with Crippen LogP contribution in [0.15, 0.2) is 18.2 Å². The van der Waals surface area contributed by atoms with Gasteiger partial charge in [-0.15, -0.1) is 0 Å². The predicted molar refractivity (Wildman–Crippen MR) is 116 cm³/mol. The van der Waals surface area contributed by atoms with Crippen LogP contribution in [0, 0.1) is 12.8 Å². The summed E-state index contributed by atoms with van der Waals surface area (Å²) in [7, 11) is 0. The van der Waals surface area contributed by atoms with E-state index in [0.717, 1.165) is 24.8 Å². The quantitative estimate of drug-likeness (QED) is 0.511. The Morgan fingerprint density at radius 3 is 2.37 bits per heavy atom. The zero-order chi connectivity index (χ0) is 22.7. The van der Waals surface area contributed by atoms with E-state index in [1.54, 1.807) is 0 Å². The van der Waals surface area contributed by atoms with Crippen LogP contribution in [0.3, 0.4) is 0 Å². The van der Waals surface area contributed by atoms with Crippen molar-refractivity contribution in [3.8, 4) is 5.75 Å². The number of aliphatic carboxylic acids is 2. The van der Waals surface area contributed by atoms with Gasteiger partial charge in [-0.2, -0.15) is 0 Å². The lowest BCUT2D eigenvalue weighted by Gasteiger charge is -2.30. The van der Waals surface area contributed by atoms with E-state index in [-0.39, 0.29) is 5.41 Å². The molecule has 1 saturated heterocycles. The molecule has 1 fully saturated rings. The summed E-state index contributed by atoms with van der Waals surface area (Å²) < 4.78 is 11.8. The Morgan fingerprint density at radius 2 is 1.80 bits per heavy atom. The summed E-state index contributed by atoms with van der Waals surface area (Å²) in [6.07, 6.45) is 2.70. The second-order valence-electron chi connectivity index (χ2n) is 8.87. The lowest BCUT2D eigenvalue weighted by atomic mass is 9.86. The van der Waals surface area contributed by atoms with E-state index in [0.29, 0.717) is 13.2 Å². The van der Waals surface area contributed by atoms with Crippen LogP contribution in [-0.2, 0) is 19.7 Å². The Balaban J connectivity index is 0.000000656. The summed E-state index contributed by atoms with van der Waals surface area (Å²) in [5, 5.41) is 14.8. The molecule has 1 aromatic carbocycles. The Morgan fingerprint density at radius 1 is 1.13 bits per heavy atom. The fraction of sp³-hybridized carbons (Fsp3) is 0.652. The normalized spacial score (nSPS) is 17.0. The van der Waals surface area contributed by atoms with Crippen molar-refractivity contribution in [1.82, 2.24) is 4.90 Å².